The Morgan fingerprint density at radius 2 is 2.00 bits per heavy atom. The number of allylic oxidation sites excluding steroid dienone is 7. The van der Waals surface area contributed by atoms with Crippen molar-refractivity contribution in [2.45, 2.75) is 39.5 Å². The minimum absolute atomic E-state index is 0.964. The van der Waals surface area contributed by atoms with E-state index in [1.807, 2.05) is 6.08 Å². The van der Waals surface area contributed by atoms with Gasteiger partial charge in [0.05, 0.1) is 0 Å². The van der Waals surface area contributed by atoms with Gasteiger partial charge in [-0.2, -0.15) is 0 Å². The van der Waals surface area contributed by atoms with Gasteiger partial charge in [0.25, 0.3) is 0 Å². The van der Waals surface area contributed by atoms with E-state index in [0.29, 0.717) is 0 Å². The molecule has 0 N–H and O–H groups in total. The summed E-state index contributed by atoms with van der Waals surface area (Å²) >= 11 is 0. The maximum absolute atomic E-state index is 3.71. The van der Waals surface area contributed by atoms with Crippen LogP contribution in [-0.4, -0.2) is 0 Å². The zero-order chi connectivity index (χ0) is 10.6. The van der Waals surface area contributed by atoms with Crippen LogP contribution in [0.25, 0.3) is 0 Å². The summed E-state index contributed by atoms with van der Waals surface area (Å²) in [7, 11) is 0. The summed E-state index contributed by atoms with van der Waals surface area (Å²) in [5, 5.41) is 0. The van der Waals surface area contributed by atoms with E-state index in [0.717, 1.165) is 12.8 Å². The molecule has 0 spiro atoms. The predicted octanol–water partition coefficient (Wildman–Crippen LogP) is 4.81. The molecule has 0 aliphatic rings. The summed E-state index contributed by atoms with van der Waals surface area (Å²) in [5.74, 6) is 0. The molecule has 0 fully saturated rings. The van der Waals surface area contributed by atoms with Gasteiger partial charge >= 0.3 is 0 Å². The van der Waals surface area contributed by atoms with E-state index < -0.39 is 0 Å². The molecule has 0 nitrogen and oxygen atoms in total. The first-order valence-electron chi connectivity index (χ1n) is 5.48. The summed E-state index contributed by atoms with van der Waals surface area (Å²) in [6.45, 7) is 8.07. The summed E-state index contributed by atoms with van der Waals surface area (Å²) in [6, 6.07) is 0. The van der Waals surface area contributed by atoms with Gasteiger partial charge in [-0.25, -0.2) is 0 Å². The summed E-state index contributed by atoms with van der Waals surface area (Å²) in [6.07, 6.45) is 17.2. The van der Waals surface area contributed by atoms with Crippen molar-refractivity contribution in [3.63, 3.8) is 0 Å². The van der Waals surface area contributed by atoms with Crippen molar-refractivity contribution >= 4 is 0 Å². The third kappa shape index (κ3) is 7.60. The molecular formula is C14H22. The van der Waals surface area contributed by atoms with Crippen molar-refractivity contribution in [2.75, 3.05) is 0 Å². The minimum Gasteiger partial charge on any atom is -0.103 e. The Morgan fingerprint density at radius 1 is 1.21 bits per heavy atom. The second kappa shape index (κ2) is 10.0. The Morgan fingerprint density at radius 3 is 2.57 bits per heavy atom. The molecule has 0 aliphatic carbocycles. The summed E-state index contributed by atoms with van der Waals surface area (Å²) in [4.78, 5) is 0. The normalized spacial score (nSPS) is 12.9. The fourth-order valence-corrected chi connectivity index (χ4v) is 1.09. The molecule has 0 aliphatic heterocycles. The van der Waals surface area contributed by atoms with Crippen molar-refractivity contribution in [1.82, 2.24) is 0 Å². The molecule has 0 aromatic carbocycles. The fraction of sp³-hybridized carbons (Fsp3) is 0.429. The molecule has 0 atom stereocenters. The first-order valence-corrected chi connectivity index (χ1v) is 5.48. The first kappa shape index (κ1) is 13.0. The number of hydrogen-bond acceptors (Lipinski definition) is 0. The zero-order valence-electron chi connectivity index (χ0n) is 9.50. The van der Waals surface area contributed by atoms with Gasteiger partial charge in [-0.05, 0) is 19.3 Å². The van der Waals surface area contributed by atoms with E-state index in [-0.39, 0.29) is 0 Å². The topological polar surface area (TPSA) is 0 Å². The lowest BCUT2D eigenvalue weighted by molar-refractivity contribution is 0.959. The summed E-state index contributed by atoms with van der Waals surface area (Å²) < 4.78 is 0. The van der Waals surface area contributed by atoms with Crippen LogP contribution in [-0.2, 0) is 0 Å². The van der Waals surface area contributed by atoms with Gasteiger partial charge in [0.2, 0.25) is 0 Å². The fourth-order valence-electron chi connectivity index (χ4n) is 1.09. The average molecular weight is 190 g/mol. The van der Waals surface area contributed by atoms with Crippen molar-refractivity contribution in [1.29, 1.82) is 0 Å². The third-order valence-corrected chi connectivity index (χ3v) is 1.97. The molecule has 0 aromatic heterocycles. The Kier molecular flexibility index (Phi) is 9.30. The van der Waals surface area contributed by atoms with Gasteiger partial charge in [0, 0.05) is 0 Å². The van der Waals surface area contributed by atoms with E-state index >= 15 is 0 Å². The van der Waals surface area contributed by atoms with Crippen LogP contribution in [0.3, 0.4) is 0 Å². The molecule has 14 heavy (non-hydrogen) atoms. The van der Waals surface area contributed by atoms with Crippen LogP contribution in [0.1, 0.15) is 39.5 Å². The lowest BCUT2D eigenvalue weighted by atomic mass is 10.1. The van der Waals surface area contributed by atoms with Crippen molar-refractivity contribution < 1.29 is 0 Å². The van der Waals surface area contributed by atoms with Gasteiger partial charge in [0.1, 0.15) is 0 Å². The van der Waals surface area contributed by atoms with Crippen LogP contribution in [0.2, 0.25) is 0 Å². The molecule has 0 aromatic rings. The maximum Gasteiger partial charge on any atom is -0.0166 e. The van der Waals surface area contributed by atoms with E-state index in [2.05, 4.69) is 50.8 Å². The van der Waals surface area contributed by atoms with Gasteiger partial charge in [-0.15, -0.1) is 6.58 Å². The highest BCUT2D eigenvalue weighted by molar-refractivity contribution is 5.22. The highest BCUT2D eigenvalue weighted by Gasteiger charge is 1.84. The molecule has 0 unspecified atom stereocenters. The first-order chi connectivity index (χ1) is 6.85. The van der Waals surface area contributed by atoms with Crippen molar-refractivity contribution in [2.24, 2.45) is 0 Å². The quantitative estimate of drug-likeness (QED) is 0.399. The van der Waals surface area contributed by atoms with Gasteiger partial charge in [0.15, 0.2) is 0 Å². The SMILES string of the molecule is C=CC/C=C(/C=C/C=C/CCC)CC. The molecule has 0 heterocycles. The molecule has 0 rings (SSSR count). The van der Waals surface area contributed by atoms with E-state index in [9.17, 15) is 0 Å². The molecule has 78 valence electrons. The highest BCUT2D eigenvalue weighted by Crippen LogP contribution is 2.04. The maximum atomic E-state index is 3.71. The van der Waals surface area contributed by atoms with Crippen LogP contribution in [0.4, 0.5) is 0 Å². The van der Waals surface area contributed by atoms with Crippen molar-refractivity contribution in [3.05, 3.63) is 48.6 Å². The molecule has 0 radical (unpaired) electrons. The second-order valence-corrected chi connectivity index (χ2v) is 3.23. The summed E-state index contributed by atoms with van der Waals surface area (Å²) in [5.41, 5.74) is 1.38. The second-order valence-electron chi connectivity index (χ2n) is 3.23. The highest BCUT2D eigenvalue weighted by atomic mass is 13.9. The Balaban J connectivity index is 3.97. The molecule has 0 saturated carbocycles. The third-order valence-electron chi connectivity index (χ3n) is 1.97. The molecule has 0 amide bonds. The molecular weight excluding hydrogens is 168 g/mol. The minimum atomic E-state index is 0.964. The largest absolute Gasteiger partial charge is 0.103 e. The van der Waals surface area contributed by atoms with Gasteiger partial charge < -0.3 is 0 Å². The van der Waals surface area contributed by atoms with Crippen LogP contribution in [0.5, 0.6) is 0 Å². The van der Waals surface area contributed by atoms with Crippen LogP contribution in [0, 0.1) is 0 Å². The number of hydrogen-bond donors (Lipinski definition) is 0. The van der Waals surface area contributed by atoms with Crippen LogP contribution in [0.15, 0.2) is 48.6 Å². The van der Waals surface area contributed by atoms with Gasteiger partial charge in [-0.3, -0.25) is 0 Å². The predicted molar refractivity (Wildman–Crippen MR) is 66.4 cm³/mol. The Hall–Kier alpha value is -1.04. The van der Waals surface area contributed by atoms with Crippen LogP contribution < -0.4 is 0 Å². The standard InChI is InChI=1S/C14H22/c1-4-7-9-10-11-13-14(6-3)12-8-5-2/h5,9-13H,2,4,6-8H2,1,3H3/b10-9+,13-11+,14-12+. The zero-order valence-corrected chi connectivity index (χ0v) is 9.50. The molecule has 0 saturated heterocycles. The van der Waals surface area contributed by atoms with Crippen LogP contribution >= 0.6 is 0 Å². The monoisotopic (exact) mass is 190 g/mol. The van der Waals surface area contributed by atoms with E-state index in [1.165, 1.54) is 18.4 Å². The van der Waals surface area contributed by atoms with E-state index in [1.54, 1.807) is 0 Å². The van der Waals surface area contributed by atoms with Crippen molar-refractivity contribution in [3.8, 4) is 0 Å². The molecule has 0 heteroatoms. The van der Waals surface area contributed by atoms with E-state index in [4.69, 9.17) is 0 Å². The average Bonchev–Trinajstić information content (AvgIpc) is 2.22. The van der Waals surface area contributed by atoms with Gasteiger partial charge in [-0.1, -0.05) is 62.3 Å². The number of unbranched alkanes of at least 4 members (excludes halogenated alkanes) is 1. The number of rotatable bonds is 7. The lowest BCUT2D eigenvalue weighted by Gasteiger charge is -1.94. The smallest absolute Gasteiger partial charge is 0.0166 e. The molecule has 0 bridgehead atoms. The lowest BCUT2D eigenvalue weighted by Crippen LogP contribution is -1.73. The Bertz CT molecular complexity index is 216. The Labute approximate surface area is 88.7 Å².